The molecule has 0 radical (unpaired) electrons. The Labute approximate surface area is 284 Å². The average molecular weight is 670 g/mol. The van der Waals surface area contributed by atoms with Crippen molar-refractivity contribution in [3.8, 4) is 28.4 Å². The van der Waals surface area contributed by atoms with Crippen LogP contribution in [-0.4, -0.2) is 55.3 Å². The van der Waals surface area contributed by atoms with Crippen molar-refractivity contribution in [3.63, 3.8) is 0 Å². The minimum atomic E-state index is -0.747. The Morgan fingerprint density at radius 1 is 1.02 bits per heavy atom. The molecule has 258 valence electrons. The van der Waals surface area contributed by atoms with Gasteiger partial charge < -0.3 is 30.2 Å². The Hall–Kier alpha value is -5.39. The van der Waals surface area contributed by atoms with Gasteiger partial charge in [-0.1, -0.05) is 38.5 Å². The fourth-order valence-electron chi connectivity index (χ4n) is 6.37. The van der Waals surface area contributed by atoms with Crippen LogP contribution in [0, 0.1) is 5.92 Å². The first kappa shape index (κ1) is 34.9. The predicted molar refractivity (Wildman–Crippen MR) is 189 cm³/mol. The highest BCUT2D eigenvalue weighted by Gasteiger charge is 2.30. The van der Waals surface area contributed by atoms with Crippen LogP contribution in [0.15, 0.2) is 64.4 Å². The zero-order chi connectivity index (χ0) is 35.2. The molecule has 0 fully saturated rings. The molecule has 0 spiro atoms. The minimum absolute atomic E-state index is 0.141. The highest BCUT2D eigenvalue weighted by atomic mass is 16.5. The van der Waals surface area contributed by atoms with Gasteiger partial charge >= 0.3 is 0 Å². The predicted octanol–water partition coefficient (Wildman–Crippen LogP) is 4.22. The second-order valence-electron chi connectivity index (χ2n) is 12.2. The van der Waals surface area contributed by atoms with E-state index in [9.17, 15) is 19.2 Å². The topological polar surface area (TPSA) is 150 Å². The molecule has 1 heterocycles. The molecule has 0 saturated heterocycles. The number of anilines is 1. The summed E-state index contributed by atoms with van der Waals surface area (Å²) in [7, 11) is 4.63. The van der Waals surface area contributed by atoms with Crippen LogP contribution >= 0.6 is 0 Å². The van der Waals surface area contributed by atoms with Crippen LogP contribution in [0.25, 0.3) is 22.0 Å². The van der Waals surface area contributed by atoms with E-state index < -0.39 is 12.1 Å². The quantitative estimate of drug-likeness (QED) is 0.202. The molecule has 0 saturated carbocycles. The van der Waals surface area contributed by atoms with E-state index in [4.69, 9.17) is 14.2 Å². The lowest BCUT2D eigenvalue weighted by Gasteiger charge is -2.24. The molecule has 0 bridgehead atoms. The number of nitrogens with zero attached hydrogens (tertiary/aromatic N) is 2. The molecular formula is C37H43N5O7. The van der Waals surface area contributed by atoms with E-state index in [1.807, 2.05) is 32.0 Å². The lowest BCUT2D eigenvalue weighted by Crippen LogP contribution is -2.45. The zero-order valence-corrected chi connectivity index (χ0v) is 28.7. The molecule has 12 nitrogen and oxygen atoms in total. The molecule has 3 unspecified atom stereocenters. The van der Waals surface area contributed by atoms with Crippen molar-refractivity contribution in [1.82, 2.24) is 20.2 Å². The molecule has 3 aromatic carbocycles. The summed E-state index contributed by atoms with van der Waals surface area (Å²) < 4.78 is 18.6. The van der Waals surface area contributed by atoms with Crippen molar-refractivity contribution in [2.24, 2.45) is 5.92 Å². The largest absolute Gasteiger partial charge is 0.493 e. The molecule has 3 atom stereocenters. The number of ether oxygens (including phenoxy) is 3. The van der Waals surface area contributed by atoms with Crippen molar-refractivity contribution in [2.75, 3.05) is 33.2 Å². The van der Waals surface area contributed by atoms with E-state index >= 15 is 0 Å². The number of aromatic nitrogens is 2. The molecule has 4 aromatic rings. The highest BCUT2D eigenvalue weighted by molar-refractivity contribution is 5.86. The minimum Gasteiger partial charge on any atom is -0.493 e. The van der Waals surface area contributed by atoms with Crippen molar-refractivity contribution >= 4 is 28.4 Å². The number of fused-ring (bicyclic) bond motifs is 4. The van der Waals surface area contributed by atoms with Crippen LogP contribution in [0.5, 0.6) is 17.2 Å². The van der Waals surface area contributed by atoms with E-state index in [2.05, 4.69) is 20.9 Å². The third-order valence-corrected chi connectivity index (χ3v) is 9.11. The van der Waals surface area contributed by atoms with Gasteiger partial charge in [-0.15, -0.1) is 0 Å². The summed E-state index contributed by atoms with van der Waals surface area (Å²) in [6, 6.07) is 12.8. The first-order valence-electron chi connectivity index (χ1n) is 16.4. The van der Waals surface area contributed by atoms with Gasteiger partial charge in [-0.2, -0.15) is 0 Å². The summed E-state index contributed by atoms with van der Waals surface area (Å²) in [5.74, 6) is 0.703. The van der Waals surface area contributed by atoms with E-state index in [0.717, 1.165) is 11.1 Å². The number of amides is 2. The second-order valence-corrected chi connectivity index (χ2v) is 12.2. The van der Waals surface area contributed by atoms with E-state index in [1.54, 1.807) is 38.5 Å². The number of nitrogens with one attached hydrogen (secondary N) is 3. The molecule has 1 aliphatic carbocycles. The molecule has 49 heavy (non-hydrogen) atoms. The molecule has 3 N–H and O–H groups in total. The Morgan fingerprint density at radius 3 is 2.47 bits per heavy atom. The monoisotopic (exact) mass is 669 g/mol. The van der Waals surface area contributed by atoms with Gasteiger partial charge in [0.15, 0.2) is 11.5 Å². The normalized spacial score (nSPS) is 14.8. The number of rotatable bonds is 12. The SMILES string of the molecule is CCC(C)C(Nc1ccc2c(cc1=O)C(NC(C)=O)CCc1cc(OC)c(OC)c(OC)c1-2)C(=O)NCCn1cnc2ccccc2c1=O. The van der Waals surface area contributed by atoms with Gasteiger partial charge in [-0.25, -0.2) is 4.98 Å². The summed E-state index contributed by atoms with van der Waals surface area (Å²) >= 11 is 0. The summed E-state index contributed by atoms with van der Waals surface area (Å²) in [5, 5.41) is 9.67. The third kappa shape index (κ3) is 7.23. The number of hydrogen-bond donors (Lipinski definition) is 3. The number of benzene rings is 2. The Balaban J connectivity index is 1.49. The van der Waals surface area contributed by atoms with Crippen molar-refractivity contribution in [1.29, 1.82) is 0 Å². The number of carbonyl (C=O) groups excluding carboxylic acids is 2. The fraction of sp³-hybridized carbons (Fsp3) is 0.378. The third-order valence-electron chi connectivity index (χ3n) is 9.11. The first-order valence-corrected chi connectivity index (χ1v) is 16.4. The number of methoxy groups -OCH3 is 3. The van der Waals surface area contributed by atoms with Crippen LogP contribution in [-0.2, 0) is 22.6 Å². The molecule has 1 aromatic heterocycles. The van der Waals surface area contributed by atoms with Crippen molar-refractivity contribution < 1.29 is 23.8 Å². The molecular weight excluding hydrogens is 626 g/mol. The van der Waals surface area contributed by atoms with Gasteiger partial charge in [0.2, 0.25) is 23.0 Å². The number of carbonyl (C=O) groups is 2. The Kier molecular flexibility index (Phi) is 10.9. The zero-order valence-electron chi connectivity index (χ0n) is 28.7. The molecule has 12 heteroatoms. The molecule has 1 aliphatic rings. The lowest BCUT2D eigenvalue weighted by atomic mass is 9.95. The van der Waals surface area contributed by atoms with Gasteiger partial charge in [-0.3, -0.25) is 23.7 Å². The summed E-state index contributed by atoms with van der Waals surface area (Å²) in [6.45, 7) is 5.77. The van der Waals surface area contributed by atoms with Crippen LogP contribution < -0.4 is 41.1 Å². The summed E-state index contributed by atoms with van der Waals surface area (Å²) in [4.78, 5) is 57.1. The van der Waals surface area contributed by atoms with Gasteiger partial charge in [0.05, 0.1) is 50.3 Å². The van der Waals surface area contributed by atoms with E-state index in [0.29, 0.717) is 58.5 Å². The maximum Gasteiger partial charge on any atom is 0.261 e. The number of para-hydroxylation sites is 1. The van der Waals surface area contributed by atoms with Gasteiger partial charge in [-0.05, 0) is 65.8 Å². The average Bonchev–Trinajstić information content (AvgIpc) is 3.34. The summed E-state index contributed by atoms with van der Waals surface area (Å²) in [5.41, 5.74) is 3.27. The Bertz CT molecular complexity index is 1990. The van der Waals surface area contributed by atoms with Gasteiger partial charge in [0, 0.05) is 25.6 Å². The smallest absolute Gasteiger partial charge is 0.261 e. The van der Waals surface area contributed by atoms with Crippen molar-refractivity contribution in [3.05, 3.63) is 86.6 Å². The molecule has 0 aliphatic heterocycles. The van der Waals surface area contributed by atoms with Crippen molar-refractivity contribution in [2.45, 2.75) is 58.7 Å². The van der Waals surface area contributed by atoms with Crippen LogP contribution in [0.2, 0.25) is 0 Å². The number of hydrogen-bond acceptors (Lipinski definition) is 9. The van der Waals surface area contributed by atoms with Gasteiger partial charge in [0.25, 0.3) is 5.56 Å². The standard InChI is InChI=1S/C37H43N5O7/c1-7-21(2)33(36(45)38-16-17-42-20-39-27-11-9-8-10-25(27)37(42)46)41-29-15-13-24-26(19-30(29)44)28(40-22(3)43)14-12-23-18-31(47-4)34(48-5)35(49-6)32(23)24/h8-11,13,15,18-21,28,33H,7,12,14,16-17H2,1-6H3,(H,38,45)(H,40,43)(H,41,44). The van der Waals surface area contributed by atoms with Crippen LogP contribution in [0.1, 0.15) is 50.8 Å². The maximum absolute atomic E-state index is 13.9. The molecule has 5 rings (SSSR count). The Morgan fingerprint density at radius 2 is 1.78 bits per heavy atom. The van der Waals surface area contributed by atoms with Crippen LogP contribution in [0.4, 0.5) is 5.69 Å². The van der Waals surface area contributed by atoms with E-state index in [1.165, 1.54) is 31.0 Å². The second kappa shape index (κ2) is 15.2. The maximum atomic E-state index is 13.9. The number of aryl methyl sites for hydroxylation is 1. The molecule has 2 amide bonds. The van der Waals surface area contributed by atoms with E-state index in [-0.39, 0.29) is 47.5 Å². The lowest BCUT2D eigenvalue weighted by molar-refractivity contribution is -0.123. The highest BCUT2D eigenvalue weighted by Crippen LogP contribution is 2.50. The van der Waals surface area contributed by atoms with Crippen LogP contribution in [0.3, 0.4) is 0 Å². The summed E-state index contributed by atoms with van der Waals surface area (Å²) in [6.07, 6.45) is 3.25. The fourth-order valence-corrected chi connectivity index (χ4v) is 6.37. The van der Waals surface area contributed by atoms with Gasteiger partial charge in [0.1, 0.15) is 6.04 Å². The first-order chi connectivity index (χ1) is 23.6.